The third kappa shape index (κ3) is 7.06. The van der Waals surface area contributed by atoms with E-state index in [1.807, 2.05) is 11.7 Å². The maximum absolute atomic E-state index is 4.89. The average molecular weight is 502 g/mol. The summed E-state index contributed by atoms with van der Waals surface area (Å²) in [5.41, 5.74) is 4.99. The van der Waals surface area contributed by atoms with Gasteiger partial charge in [0, 0.05) is 50.5 Å². The maximum Gasteiger partial charge on any atom is 0.191 e. The molecule has 0 radical (unpaired) electrons. The number of guanidine groups is 1. The van der Waals surface area contributed by atoms with Gasteiger partial charge in [-0.25, -0.2) is 4.99 Å². The molecule has 28 heavy (non-hydrogen) atoms. The smallest absolute Gasteiger partial charge is 0.191 e. The predicted octanol–water partition coefficient (Wildman–Crippen LogP) is 3.26. The van der Waals surface area contributed by atoms with Gasteiger partial charge < -0.3 is 10.6 Å². The van der Waals surface area contributed by atoms with Crippen LogP contribution >= 0.6 is 24.0 Å². The molecular weight excluding hydrogens is 463 g/mol. The van der Waals surface area contributed by atoms with Crippen LogP contribution in [0.2, 0.25) is 0 Å². The lowest BCUT2D eigenvalue weighted by Gasteiger charge is -2.33. The second-order valence-corrected chi connectivity index (χ2v) is 7.55. The van der Waals surface area contributed by atoms with Crippen molar-refractivity contribution in [2.24, 2.45) is 12.0 Å². The van der Waals surface area contributed by atoms with Crippen LogP contribution in [0.3, 0.4) is 0 Å². The van der Waals surface area contributed by atoms with Crippen LogP contribution in [0.25, 0.3) is 0 Å². The van der Waals surface area contributed by atoms with Gasteiger partial charge in [0.05, 0.1) is 12.2 Å². The molecular formula is C21H39IN6. The Morgan fingerprint density at radius 3 is 2.43 bits per heavy atom. The van der Waals surface area contributed by atoms with Crippen LogP contribution in [0.1, 0.15) is 57.5 Å². The lowest BCUT2D eigenvalue weighted by Crippen LogP contribution is -2.48. The number of likely N-dealkylation sites (tertiary alicyclic amines) is 1. The van der Waals surface area contributed by atoms with Crippen LogP contribution in [-0.2, 0) is 26.4 Å². The van der Waals surface area contributed by atoms with Crippen LogP contribution in [0.15, 0.2) is 17.1 Å². The molecule has 6 nitrogen and oxygen atoms in total. The Labute approximate surface area is 188 Å². The minimum atomic E-state index is 0. The van der Waals surface area contributed by atoms with Crippen LogP contribution in [0.4, 0.5) is 0 Å². The fourth-order valence-corrected chi connectivity index (χ4v) is 3.86. The Hall–Kier alpha value is -1.09. The molecule has 1 aliphatic rings. The second-order valence-electron chi connectivity index (χ2n) is 7.55. The Kier molecular flexibility index (Phi) is 11.1. The quantitative estimate of drug-likeness (QED) is 0.248. The van der Waals surface area contributed by atoms with E-state index in [0.717, 1.165) is 57.8 Å². The summed E-state index contributed by atoms with van der Waals surface area (Å²) < 4.78 is 2.02. The van der Waals surface area contributed by atoms with E-state index >= 15 is 0 Å². The third-order valence-corrected chi connectivity index (χ3v) is 5.19. The van der Waals surface area contributed by atoms with Gasteiger partial charge >= 0.3 is 0 Å². The van der Waals surface area contributed by atoms with Crippen LogP contribution < -0.4 is 10.6 Å². The minimum absolute atomic E-state index is 0. The summed E-state index contributed by atoms with van der Waals surface area (Å²) in [6.45, 7) is 17.4. The molecule has 1 saturated heterocycles. The number of halogens is 1. The molecule has 0 unspecified atom stereocenters. The van der Waals surface area contributed by atoms with Gasteiger partial charge in [0.1, 0.15) is 0 Å². The van der Waals surface area contributed by atoms with E-state index in [1.54, 1.807) is 0 Å². The lowest BCUT2D eigenvalue weighted by atomic mass is 10.0. The van der Waals surface area contributed by atoms with Crippen molar-refractivity contribution in [1.82, 2.24) is 25.3 Å². The third-order valence-electron chi connectivity index (χ3n) is 5.19. The predicted molar refractivity (Wildman–Crippen MR) is 130 cm³/mol. The molecule has 0 amide bonds. The van der Waals surface area contributed by atoms with Crippen molar-refractivity contribution in [3.8, 4) is 0 Å². The van der Waals surface area contributed by atoms with Crippen molar-refractivity contribution >= 4 is 29.9 Å². The average Bonchev–Trinajstić information content (AvgIpc) is 2.95. The Bertz CT molecular complexity index is 644. The molecule has 1 aliphatic heterocycles. The van der Waals surface area contributed by atoms with Crippen molar-refractivity contribution in [2.45, 2.75) is 66.0 Å². The summed E-state index contributed by atoms with van der Waals surface area (Å²) in [5.74, 6) is 0.920. The van der Waals surface area contributed by atoms with Crippen molar-refractivity contribution < 1.29 is 0 Å². The van der Waals surface area contributed by atoms with E-state index in [9.17, 15) is 0 Å². The number of aliphatic imine (C=N–C) groups is 1. The first-order valence-corrected chi connectivity index (χ1v) is 10.4. The zero-order chi connectivity index (χ0) is 19.8. The highest BCUT2D eigenvalue weighted by Gasteiger charge is 2.20. The summed E-state index contributed by atoms with van der Waals surface area (Å²) >= 11 is 0. The van der Waals surface area contributed by atoms with Crippen molar-refractivity contribution in [3.05, 3.63) is 29.1 Å². The molecule has 2 rings (SSSR count). The fraction of sp³-hybridized carbons (Fsp3) is 0.714. The molecule has 1 aromatic heterocycles. The van der Waals surface area contributed by atoms with E-state index in [-0.39, 0.29) is 24.0 Å². The molecule has 0 saturated carbocycles. The maximum atomic E-state index is 4.89. The first kappa shape index (κ1) is 24.9. The standard InChI is InChI=1S/C21H38N6.HI/c1-7-19-18(20(8-2)26(6)25-19)14-23-21(22-9-3)24-17-10-12-27(13-11-17)15-16(4)5;/h17H,4,7-15H2,1-3,5-6H3,(H2,22,23,24);1H. The second kappa shape index (κ2) is 12.5. The molecule has 7 heteroatoms. The van der Waals surface area contributed by atoms with E-state index in [4.69, 9.17) is 4.99 Å². The zero-order valence-electron chi connectivity index (χ0n) is 18.3. The first-order valence-electron chi connectivity index (χ1n) is 10.4. The largest absolute Gasteiger partial charge is 0.357 e. The number of piperidine rings is 1. The highest BCUT2D eigenvalue weighted by Crippen LogP contribution is 2.17. The minimum Gasteiger partial charge on any atom is -0.357 e. The summed E-state index contributed by atoms with van der Waals surface area (Å²) in [5, 5.41) is 11.7. The Morgan fingerprint density at radius 2 is 1.89 bits per heavy atom. The monoisotopic (exact) mass is 502 g/mol. The van der Waals surface area contributed by atoms with E-state index < -0.39 is 0 Å². The van der Waals surface area contributed by atoms with Gasteiger partial charge in [-0.05, 0) is 39.5 Å². The van der Waals surface area contributed by atoms with Crippen LogP contribution in [0.5, 0.6) is 0 Å². The number of rotatable bonds is 8. The lowest BCUT2D eigenvalue weighted by molar-refractivity contribution is 0.221. The molecule has 1 aromatic rings. The molecule has 160 valence electrons. The number of nitrogens with zero attached hydrogens (tertiary/aromatic N) is 4. The molecule has 2 N–H and O–H groups in total. The topological polar surface area (TPSA) is 57.5 Å². The Balaban J connectivity index is 0.00000392. The summed E-state index contributed by atoms with van der Waals surface area (Å²) in [4.78, 5) is 7.38. The van der Waals surface area contributed by atoms with Gasteiger partial charge in [-0.2, -0.15) is 5.10 Å². The van der Waals surface area contributed by atoms with Crippen molar-refractivity contribution in [2.75, 3.05) is 26.2 Å². The van der Waals surface area contributed by atoms with Crippen LogP contribution in [0, 0.1) is 0 Å². The molecule has 0 atom stereocenters. The summed E-state index contributed by atoms with van der Waals surface area (Å²) in [6, 6.07) is 0.481. The van der Waals surface area contributed by atoms with E-state index in [0.29, 0.717) is 12.6 Å². The molecule has 0 bridgehead atoms. The number of hydrogen-bond acceptors (Lipinski definition) is 3. The number of aryl methyl sites for hydroxylation is 2. The number of aromatic nitrogens is 2. The van der Waals surface area contributed by atoms with E-state index in [1.165, 1.54) is 22.5 Å². The van der Waals surface area contributed by atoms with Gasteiger partial charge in [-0.1, -0.05) is 26.0 Å². The fourth-order valence-electron chi connectivity index (χ4n) is 3.86. The molecule has 0 spiro atoms. The summed E-state index contributed by atoms with van der Waals surface area (Å²) in [6.07, 6.45) is 4.22. The SMILES string of the molecule is C=C(C)CN1CCC(NC(=NCc2c(CC)nn(C)c2CC)NCC)CC1.I. The molecule has 0 aromatic carbocycles. The number of hydrogen-bond donors (Lipinski definition) is 2. The Morgan fingerprint density at radius 1 is 1.21 bits per heavy atom. The molecule has 2 heterocycles. The molecule has 0 aliphatic carbocycles. The van der Waals surface area contributed by atoms with Gasteiger partial charge in [0.25, 0.3) is 0 Å². The normalized spacial score (nSPS) is 16.0. The zero-order valence-corrected chi connectivity index (χ0v) is 20.7. The molecule has 1 fully saturated rings. The highest BCUT2D eigenvalue weighted by molar-refractivity contribution is 14.0. The first-order chi connectivity index (χ1) is 13.0. The van der Waals surface area contributed by atoms with Crippen LogP contribution in [-0.4, -0.2) is 52.9 Å². The van der Waals surface area contributed by atoms with Crippen molar-refractivity contribution in [3.63, 3.8) is 0 Å². The van der Waals surface area contributed by atoms with Gasteiger partial charge in [-0.15, -0.1) is 24.0 Å². The highest BCUT2D eigenvalue weighted by atomic mass is 127. The van der Waals surface area contributed by atoms with E-state index in [2.05, 4.69) is 54.9 Å². The van der Waals surface area contributed by atoms with Crippen molar-refractivity contribution in [1.29, 1.82) is 0 Å². The summed E-state index contributed by atoms with van der Waals surface area (Å²) in [7, 11) is 2.04. The van der Waals surface area contributed by atoms with Gasteiger partial charge in [0.15, 0.2) is 5.96 Å². The number of nitrogens with one attached hydrogen (secondary N) is 2. The van der Waals surface area contributed by atoms with Gasteiger partial charge in [0.2, 0.25) is 0 Å². The van der Waals surface area contributed by atoms with Gasteiger partial charge in [-0.3, -0.25) is 9.58 Å².